The third-order valence-electron chi connectivity index (χ3n) is 4.05. The van der Waals surface area contributed by atoms with E-state index < -0.39 is 0 Å². The summed E-state index contributed by atoms with van der Waals surface area (Å²) in [6.07, 6.45) is 0. The molecule has 0 aliphatic carbocycles. The fourth-order valence-electron chi connectivity index (χ4n) is 2.70. The molecular formula is C21H14BN3O2. The highest BCUT2D eigenvalue weighted by Crippen LogP contribution is 2.32. The monoisotopic (exact) mass is 351 g/mol. The summed E-state index contributed by atoms with van der Waals surface area (Å²) in [5, 5.41) is 10.4. The molecule has 4 rings (SSSR count). The Morgan fingerprint density at radius 2 is 1.19 bits per heavy atom. The molecule has 3 aromatic carbocycles. The molecule has 5 nitrogen and oxygen atoms in total. The lowest BCUT2D eigenvalue weighted by molar-refractivity contribution is 0.473. The van der Waals surface area contributed by atoms with E-state index in [4.69, 9.17) is 8.05 Å². The summed E-state index contributed by atoms with van der Waals surface area (Å²) in [4.78, 5) is 13.7. The molecule has 0 atom stereocenters. The molecule has 1 aromatic heterocycles. The van der Waals surface area contributed by atoms with Crippen molar-refractivity contribution < 1.29 is 9.76 Å². The normalized spacial score (nSPS) is 10.5. The van der Waals surface area contributed by atoms with E-state index in [1.54, 1.807) is 12.1 Å². The fraction of sp³-hybridized carbons (Fsp3) is 0. The minimum absolute atomic E-state index is 0.0258. The number of hydrogen-bond donors (Lipinski definition) is 1. The lowest BCUT2D eigenvalue weighted by atomic mass is 10.1. The molecule has 0 saturated carbocycles. The van der Waals surface area contributed by atoms with Crippen LogP contribution in [-0.4, -0.2) is 28.1 Å². The molecule has 0 aliphatic heterocycles. The van der Waals surface area contributed by atoms with Gasteiger partial charge in [0, 0.05) is 17.2 Å². The number of nitrogens with zero attached hydrogens (tertiary/aromatic N) is 3. The van der Waals surface area contributed by atoms with Crippen LogP contribution in [0.15, 0.2) is 78.9 Å². The van der Waals surface area contributed by atoms with Gasteiger partial charge in [-0.1, -0.05) is 60.7 Å². The molecule has 1 heterocycles. The lowest BCUT2D eigenvalue weighted by Crippen LogP contribution is -2.00. The average Bonchev–Trinajstić information content (AvgIpc) is 2.74. The van der Waals surface area contributed by atoms with Crippen molar-refractivity contribution in [2.75, 3.05) is 0 Å². The van der Waals surface area contributed by atoms with E-state index in [1.165, 1.54) is 6.07 Å². The largest absolute Gasteiger partial charge is 0.568 e. The van der Waals surface area contributed by atoms with Gasteiger partial charge in [-0.25, -0.2) is 15.0 Å². The smallest absolute Gasteiger partial charge is 0.374 e. The van der Waals surface area contributed by atoms with Crippen LogP contribution in [0.2, 0.25) is 0 Å². The lowest BCUT2D eigenvalue weighted by Gasteiger charge is -2.10. The van der Waals surface area contributed by atoms with Crippen LogP contribution in [0.3, 0.4) is 0 Å². The van der Waals surface area contributed by atoms with Crippen molar-refractivity contribution in [3.63, 3.8) is 0 Å². The number of aromatic hydroxyl groups is 1. The second-order valence-corrected chi connectivity index (χ2v) is 5.84. The quantitative estimate of drug-likeness (QED) is 0.562. The summed E-state index contributed by atoms with van der Waals surface area (Å²) >= 11 is 0. The Bertz CT molecular complexity index is 1020. The summed E-state index contributed by atoms with van der Waals surface area (Å²) in [5.41, 5.74) is 2.19. The van der Waals surface area contributed by atoms with Gasteiger partial charge in [-0.3, -0.25) is 0 Å². The molecule has 0 saturated heterocycles. The molecule has 0 fully saturated rings. The van der Waals surface area contributed by atoms with E-state index in [-0.39, 0.29) is 5.75 Å². The molecule has 4 aromatic rings. The van der Waals surface area contributed by atoms with Crippen LogP contribution in [0, 0.1) is 0 Å². The van der Waals surface area contributed by atoms with Gasteiger partial charge >= 0.3 is 8.05 Å². The predicted molar refractivity (Wildman–Crippen MR) is 104 cm³/mol. The number of hydrogen-bond acceptors (Lipinski definition) is 5. The molecule has 6 heteroatoms. The van der Waals surface area contributed by atoms with E-state index >= 15 is 0 Å². The van der Waals surface area contributed by atoms with Crippen molar-refractivity contribution in [1.82, 2.24) is 15.0 Å². The molecule has 27 heavy (non-hydrogen) atoms. The van der Waals surface area contributed by atoms with Gasteiger partial charge in [0.1, 0.15) is 11.5 Å². The number of aromatic nitrogens is 3. The van der Waals surface area contributed by atoms with Crippen molar-refractivity contribution in [2.45, 2.75) is 0 Å². The van der Waals surface area contributed by atoms with E-state index in [2.05, 4.69) is 19.6 Å². The minimum Gasteiger partial charge on any atom is -0.568 e. The Hall–Kier alpha value is -3.67. The first-order chi connectivity index (χ1) is 13.2. The zero-order valence-electron chi connectivity index (χ0n) is 14.3. The highest BCUT2D eigenvalue weighted by atomic mass is 16.4. The van der Waals surface area contributed by atoms with Gasteiger partial charge in [-0.2, -0.15) is 0 Å². The molecule has 0 spiro atoms. The number of benzene rings is 3. The first-order valence-corrected chi connectivity index (χ1v) is 8.31. The van der Waals surface area contributed by atoms with Crippen LogP contribution in [-0.2, 0) is 0 Å². The first-order valence-electron chi connectivity index (χ1n) is 8.31. The molecule has 0 amide bonds. The number of phenols is 1. The van der Waals surface area contributed by atoms with Crippen LogP contribution in [0.25, 0.3) is 34.2 Å². The third kappa shape index (κ3) is 3.50. The van der Waals surface area contributed by atoms with Crippen LogP contribution in [0.5, 0.6) is 11.5 Å². The SMILES string of the molecule is [B]Oc1ccc(-c2nc(-c3ccccc3)nc(-c3ccccc3)n2)c(O)c1. The summed E-state index contributed by atoms with van der Waals surface area (Å²) in [6.45, 7) is 0. The standard InChI is InChI=1S/C21H14BN3O2/c22-27-16-11-12-17(18(26)13-16)21-24-19(14-7-3-1-4-8-14)23-20(25-21)15-9-5-2-6-10-15/h1-13,26H. The highest BCUT2D eigenvalue weighted by Gasteiger charge is 2.14. The summed E-state index contributed by atoms with van der Waals surface area (Å²) in [7, 11) is 5.16. The van der Waals surface area contributed by atoms with Crippen molar-refractivity contribution in [3.05, 3.63) is 78.9 Å². The third-order valence-corrected chi connectivity index (χ3v) is 4.05. The Morgan fingerprint density at radius 1 is 0.667 bits per heavy atom. The van der Waals surface area contributed by atoms with Crippen LogP contribution in [0.1, 0.15) is 0 Å². The highest BCUT2D eigenvalue weighted by molar-refractivity contribution is 6.00. The summed E-state index contributed by atoms with van der Waals surface area (Å²) in [5.74, 6) is 1.74. The maximum absolute atomic E-state index is 10.4. The Kier molecular flexibility index (Phi) is 4.53. The first kappa shape index (κ1) is 16.8. The Labute approximate surface area is 157 Å². The van der Waals surface area contributed by atoms with E-state index in [0.29, 0.717) is 28.8 Å². The number of phenolic OH excluding ortho intramolecular Hbond substituents is 1. The zero-order valence-corrected chi connectivity index (χ0v) is 14.3. The van der Waals surface area contributed by atoms with Crippen molar-refractivity contribution in [1.29, 1.82) is 0 Å². The summed E-state index contributed by atoms with van der Waals surface area (Å²) < 4.78 is 4.66. The second kappa shape index (κ2) is 7.29. The summed E-state index contributed by atoms with van der Waals surface area (Å²) in [6, 6.07) is 24.0. The maximum Gasteiger partial charge on any atom is 0.374 e. The fourth-order valence-corrected chi connectivity index (χ4v) is 2.70. The molecule has 0 bridgehead atoms. The van der Waals surface area contributed by atoms with Gasteiger partial charge in [0.2, 0.25) is 0 Å². The molecule has 0 unspecified atom stereocenters. The molecule has 1 N–H and O–H groups in total. The molecule has 2 radical (unpaired) electrons. The molecule has 128 valence electrons. The van der Waals surface area contributed by atoms with Gasteiger partial charge in [-0.15, -0.1) is 0 Å². The molecular weight excluding hydrogens is 337 g/mol. The average molecular weight is 351 g/mol. The topological polar surface area (TPSA) is 68.1 Å². The van der Waals surface area contributed by atoms with Crippen LogP contribution < -0.4 is 4.65 Å². The van der Waals surface area contributed by atoms with Gasteiger partial charge in [0.05, 0.1) is 5.56 Å². The predicted octanol–water partition coefficient (Wildman–Crippen LogP) is 4.04. The van der Waals surface area contributed by atoms with E-state index in [9.17, 15) is 5.11 Å². The Balaban J connectivity index is 1.91. The van der Waals surface area contributed by atoms with Crippen molar-refractivity contribution in [2.24, 2.45) is 0 Å². The zero-order chi connectivity index (χ0) is 18.6. The second-order valence-electron chi connectivity index (χ2n) is 5.84. The van der Waals surface area contributed by atoms with Gasteiger partial charge in [0.15, 0.2) is 17.5 Å². The van der Waals surface area contributed by atoms with Crippen molar-refractivity contribution in [3.8, 4) is 45.7 Å². The Morgan fingerprint density at radius 3 is 1.67 bits per heavy atom. The number of rotatable bonds is 4. The maximum atomic E-state index is 10.4. The van der Waals surface area contributed by atoms with E-state index in [1.807, 2.05) is 60.7 Å². The van der Waals surface area contributed by atoms with Crippen LogP contribution >= 0.6 is 0 Å². The van der Waals surface area contributed by atoms with Crippen molar-refractivity contribution >= 4 is 8.05 Å². The van der Waals surface area contributed by atoms with Crippen LogP contribution in [0.4, 0.5) is 0 Å². The van der Waals surface area contributed by atoms with E-state index in [0.717, 1.165) is 11.1 Å². The molecule has 0 aliphatic rings. The van der Waals surface area contributed by atoms with Gasteiger partial charge in [0.25, 0.3) is 0 Å². The van der Waals surface area contributed by atoms with Gasteiger partial charge < -0.3 is 9.76 Å². The van der Waals surface area contributed by atoms with Gasteiger partial charge in [-0.05, 0) is 12.1 Å². The minimum atomic E-state index is -0.0258.